The van der Waals surface area contributed by atoms with Crippen LogP contribution in [0.15, 0.2) is 22.7 Å². The molecule has 1 fully saturated rings. The van der Waals surface area contributed by atoms with Crippen molar-refractivity contribution in [3.63, 3.8) is 0 Å². The minimum atomic E-state index is -3.31. The first-order chi connectivity index (χ1) is 10.9. The van der Waals surface area contributed by atoms with E-state index < -0.39 is 15.4 Å². The minimum absolute atomic E-state index is 0.0157. The molecule has 2 unspecified atom stereocenters. The Morgan fingerprint density at radius 1 is 1.33 bits per heavy atom. The first-order valence-electron chi connectivity index (χ1n) is 8.03. The number of hydrogen-bond donors (Lipinski definition) is 1. The molecule has 1 N–H and O–H groups in total. The summed E-state index contributed by atoms with van der Waals surface area (Å²) in [6.45, 7) is 6.46. The summed E-state index contributed by atoms with van der Waals surface area (Å²) in [5.41, 5.74) is 0.914. The van der Waals surface area contributed by atoms with E-state index >= 15 is 0 Å². The Labute approximate surface area is 152 Å². The number of fused-ring (bicyclic) bond motifs is 2. The van der Waals surface area contributed by atoms with Gasteiger partial charge in [-0.1, -0.05) is 42.8 Å². The van der Waals surface area contributed by atoms with Gasteiger partial charge in [-0.25, -0.2) is 8.42 Å². The van der Waals surface area contributed by atoms with E-state index in [2.05, 4.69) is 21.2 Å². The van der Waals surface area contributed by atoms with Crippen LogP contribution in [0.1, 0.15) is 39.2 Å². The van der Waals surface area contributed by atoms with Gasteiger partial charge in [0.25, 0.3) is 0 Å². The number of anilines is 1. The third-order valence-electron chi connectivity index (χ3n) is 5.25. The predicted octanol–water partition coefficient (Wildman–Crippen LogP) is 3.11. The lowest BCUT2D eigenvalue weighted by Crippen LogP contribution is -2.57. The van der Waals surface area contributed by atoms with Crippen LogP contribution < -0.4 is 5.32 Å². The van der Waals surface area contributed by atoms with E-state index in [0.717, 1.165) is 15.7 Å². The van der Waals surface area contributed by atoms with Crippen LogP contribution in [0.5, 0.6) is 0 Å². The number of nitrogens with one attached hydrogen (secondary N) is 1. The van der Waals surface area contributed by atoms with Crippen molar-refractivity contribution in [2.75, 3.05) is 18.1 Å². The average Bonchev–Trinajstić information content (AvgIpc) is 2.68. The van der Waals surface area contributed by atoms with Crippen molar-refractivity contribution in [3.05, 3.63) is 28.2 Å². The van der Waals surface area contributed by atoms with Crippen LogP contribution in [0.4, 0.5) is 5.69 Å². The van der Waals surface area contributed by atoms with Crippen LogP contribution >= 0.6 is 15.9 Å². The summed E-state index contributed by atoms with van der Waals surface area (Å²) in [4.78, 5) is 12.9. The van der Waals surface area contributed by atoms with Crippen molar-refractivity contribution in [1.82, 2.24) is 4.31 Å². The lowest BCUT2D eigenvalue weighted by atomic mass is 9.67. The highest BCUT2D eigenvalue weighted by atomic mass is 79.9. The number of hydrogen-bond acceptors (Lipinski definition) is 3. The number of halogens is 1. The number of amides is 1. The summed E-state index contributed by atoms with van der Waals surface area (Å²) in [5, 5.41) is 2.99. The zero-order valence-electron chi connectivity index (χ0n) is 14.4. The summed E-state index contributed by atoms with van der Waals surface area (Å²) < 4.78 is 27.0. The molecule has 0 radical (unpaired) electrons. The highest BCUT2D eigenvalue weighted by Crippen LogP contribution is 2.50. The van der Waals surface area contributed by atoms with Gasteiger partial charge in [0.1, 0.15) is 0 Å². The quantitative estimate of drug-likeness (QED) is 0.767. The van der Waals surface area contributed by atoms with Crippen molar-refractivity contribution in [2.45, 2.75) is 45.1 Å². The van der Waals surface area contributed by atoms with Gasteiger partial charge in [0, 0.05) is 22.7 Å². The van der Waals surface area contributed by atoms with Gasteiger partial charge >= 0.3 is 0 Å². The van der Waals surface area contributed by atoms with Crippen molar-refractivity contribution in [1.29, 1.82) is 0 Å². The number of benzene rings is 1. The Hall–Kier alpha value is -0.920. The highest BCUT2D eigenvalue weighted by Gasteiger charge is 2.54. The third kappa shape index (κ3) is 2.80. The van der Waals surface area contributed by atoms with Crippen LogP contribution in [0.2, 0.25) is 0 Å². The fraction of sp³-hybridized carbons (Fsp3) is 0.588. The molecular formula is C17H23BrN2O3S. The SMILES string of the molecule is CC(C)(C)C1CC2(CCN1S(C)(=O)=O)C(=O)Nc1cc(Br)ccc12. The molecule has 0 saturated carbocycles. The van der Waals surface area contributed by atoms with Crippen LogP contribution in [-0.4, -0.2) is 37.5 Å². The number of rotatable bonds is 1. The van der Waals surface area contributed by atoms with E-state index in [1.165, 1.54) is 6.26 Å². The maximum atomic E-state index is 12.9. The largest absolute Gasteiger partial charge is 0.325 e. The van der Waals surface area contributed by atoms with Gasteiger partial charge in [0.2, 0.25) is 15.9 Å². The summed E-state index contributed by atoms with van der Waals surface area (Å²) in [6, 6.07) is 5.61. The second-order valence-electron chi connectivity index (χ2n) is 7.94. The molecule has 1 aromatic rings. The lowest BCUT2D eigenvalue weighted by molar-refractivity contribution is -0.123. The molecule has 1 aromatic carbocycles. The minimum Gasteiger partial charge on any atom is -0.325 e. The van der Waals surface area contributed by atoms with Crippen LogP contribution in [0.25, 0.3) is 0 Å². The Morgan fingerprint density at radius 3 is 2.58 bits per heavy atom. The molecule has 2 heterocycles. The van der Waals surface area contributed by atoms with Crippen LogP contribution in [0, 0.1) is 5.41 Å². The van der Waals surface area contributed by atoms with Gasteiger partial charge in [0.05, 0.1) is 11.7 Å². The Kier molecular flexibility index (Phi) is 4.13. The highest BCUT2D eigenvalue weighted by molar-refractivity contribution is 9.10. The molecule has 1 amide bonds. The van der Waals surface area contributed by atoms with E-state index in [-0.39, 0.29) is 17.4 Å². The Balaban J connectivity index is 2.08. The topological polar surface area (TPSA) is 66.5 Å². The van der Waals surface area contributed by atoms with E-state index in [1.54, 1.807) is 4.31 Å². The maximum Gasteiger partial charge on any atom is 0.235 e. The molecule has 1 spiro atoms. The fourth-order valence-corrected chi connectivity index (χ4v) is 5.62. The molecule has 2 atom stereocenters. The van der Waals surface area contributed by atoms with E-state index in [4.69, 9.17) is 0 Å². The number of sulfonamides is 1. The fourth-order valence-electron chi connectivity index (χ4n) is 3.98. The molecule has 132 valence electrons. The summed E-state index contributed by atoms with van der Waals surface area (Å²) in [5.74, 6) is -0.0157. The van der Waals surface area contributed by atoms with E-state index in [1.807, 2.05) is 39.0 Å². The van der Waals surface area contributed by atoms with Crippen LogP contribution in [0.3, 0.4) is 0 Å². The standard InChI is InChI=1S/C17H23BrN2O3S/c1-16(2,3)14-10-17(7-8-20(14)24(4,22)23)12-6-5-11(18)9-13(12)19-15(17)21/h5-6,9,14H,7-8,10H2,1-4H3,(H,19,21). The van der Waals surface area contributed by atoms with Crippen LogP contribution in [-0.2, 0) is 20.2 Å². The second kappa shape index (κ2) is 5.54. The summed E-state index contributed by atoms with van der Waals surface area (Å²) in [6.07, 6.45) is 2.26. The first-order valence-corrected chi connectivity index (χ1v) is 10.7. The first kappa shape index (κ1) is 17.9. The zero-order valence-corrected chi connectivity index (χ0v) is 16.8. The number of carbonyl (C=O) groups is 1. The average molecular weight is 415 g/mol. The van der Waals surface area contributed by atoms with Gasteiger partial charge in [-0.3, -0.25) is 4.79 Å². The summed E-state index contributed by atoms with van der Waals surface area (Å²) in [7, 11) is -3.31. The van der Waals surface area contributed by atoms with Crippen molar-refractivity contribution < 1.29 is 13.2 Å². The van der Waals surface area contributed by atoms with Gasteiger partial charge in [-0.05, 0) is 36.0 Å². The lowest BCUT2D eigenvalue weighted by Gasteiger charge is -2.48. The normalized spacial score (nSPS) is 28.0. The number of piperidine rings is 1. The molecule has 2 aliphatic heterocycles. The molecule has 2 aliphatic rings. The molecule has 5 nitrogen and oxygen atoms in total. The molecule has 0 aromatic heterocycles. The number of carbonyl (C=O) groups excluding carboxylic acids is 1. The van der Waals surface area contributed by atoms with Crippen molar-refractivity contribution in [2.24, 2.45) is 5.41 Å². The Morgan fingerprint density at radius 2 is 2.00 bits per heavy atom. The van der Waals surface area contributed by atoms with Gasteiger partial charge < -0.3 is 5.32 Å². The van der Waals surface area contributed by atoms with Gasteiger partial charge in [-0.2, -0.15) is 4.31 Å². The smallest absolute Gasteiger partial charge is 0.235 e. The Bertz CT molecular complexity index is 801. The second-order valence-corrected chi connectivity index (χ2v) is 10.8. The monoisotopic (exact) mass is 414 g/mol. The van der Waals surface area contributed by atoms with Gasteiger partial charge in [-0.15, -0.1) is 0 Å². The molecule has 0 bridgehead atoms. The van der Waals surface area contributed by atoms with Crippen molar-refractivity contribution >= 4 is 37.5 Å². The molecule has 3 rings (SSSR count). The molecule has 0 aliphatic carbocycles. The molecule has 1 saturated heterocycles. The molecule has 7 heteroatoms. The van der Waals surface area contributed by atoms with E-state index in [9.17, 15) is 13.2 Å². The van der Waals surface area contributed by atoms with Gasteiger partial charge in [0.15, 0.2) is 0 Å². The number of nitrogens with zero attached hydrogens (tertiary/aromatic N) is 1. The molecule has 24 heavy (non-hydrogen) atoms. The van der Waals surface area contributed by atoms with E-state index in [0.29, 0.717) is 19.4 Å². The summed E-state index contributed by atoms with van der Waals surface area (Å²) >= 11 is 3.44. The zero-order chi connectivity index (χ0) is 17.9. The molecular weight excluding hydrogens is 392 g/mol. The van der Waals surface area contributed by atoms with Crippen molar-refractivity contribution in [3.8, 4) is 0 Å². The predicted molar refractivity (Wildman–Crippen MR) is 98.5 cm³/mol. The third-order valence-corrected chi connectivity index (χ3v) is 7.04. The maximum absolute atomic E-state index is 12.9.